The maximum Gasteiger partial charge on any atom is 0.499 e. The summed E-state index contributed by atoms with van der Waals surface area (Å²) in [5.41, 5.74) is 0.508. The number of ether oxygens (including phenoxy) is 1. The van der Waals surface area contributed by atoms with Crippen LogP contribution in [0.2, 0.25) is 0 Å². The third kappa shape index (κ3) is 3.63. The second kappa shape index (κ2) is 7.87. The van der Waals surface area contributed by atoms with Crippen LogP contribution < -0.4 is 10.2 Å². The van der Waals surface area contributed by atoms with Gasteiger partial charge >= 0.3 is 7.12 Å². The van der Waals surface area contributed by atoms with Gasteiger partial charge in [-0.15, -0.1) is 0 Å². The predicted molar refractivity (Wildman–Crippen MR) is 119 cm³/mol. The Bertz CT molecular complexity index is 1040. The maximum atomic E-state index is 12.7. The van der Waals surface area contributed by atoms with Crippen molar-refractivity contribution in [3.8, 4) is 5.75 Å². The van der Waals surface area contributed by atoms with Crippen LogP contribution in [0.4, 0.5) is 0 Å². The number of hydrogen-bond acceptors (Lipinski definition) is 6. The fourth-order valence-electron chi connectivity index (χ4n) is 3.90. The third-order valence-electron chi connectivity index (χ3n) is 6.36. The lowest BCUT2D eigenvalue weighted by Crippen LogP contribution is -2.41. The second-order valence-electron chi connectivity index (χ2n) is 9.16. The van der Waals surface area contributed by atoms with Gasteiger partial charge in [-0.05, 0) is 52.8 Å². The molecule has 0 radical (unpaired) electrons. The van der Waals surface area contributed by atoms with Crippen molar-refractivity contribution in [2.75, 3.05) is 6.54 Å². The van der Waals surface area contributed by atoms with Gasteiger partial charge in [-0.25, -0.2) is 0 Å². The maximum absolute atomic E-state index is 12.7. The molecule has 8 heteroatoms. The van der Waals surface area contributed by atoms with Crippen LogP contribution in [-0.2, 0) is 9.31 Å². The first kappa shape index (κ1) is 22.2. The molecule has 0 spiro atoms. The Morgan fingerprint density at radius 1 is 0.969 bits per heavy atom. The van der Waals surface area contributed by atoms with E-state index in [-0.39, 0.29) is 18.4 Å². The van der Waals surface area contributed by atoms with Crippen molar-refractivity contribution in [3.05, 3.63) is 59.2 Å². The highest BCUT2D eigenvalue weighted by atomic mass is 16.7. The van der Waals surface area contributed by atoms with Crippen LogP contribution in [0, 0.1) is 0 Å². The summed E-state index contributed by atoms with van der Waals surface area (Å²) < 4.78 is 18.4. The van der Waals surface area contributed by atoms with E-state index in [2.05, 4.69) is 0 Å². The molecule has 0 aromatic heterocycles. The monoisotopic (exact) mass is 435 g/mol. The molecule has 0 N–H and O–H groups in total. The molecule has 2 aliphatic rings. The lowest BCUT2D eigenvalue weighted by molar-refractivity contribution is 0.00578. The number of imide groups is 1. The fraction of sp³-hybridized carbons (Fsp3) is 0.375. The summed E-state index contributed by atoms with van der Waals surface area (Å²) in [5.74, 6) is -0.264. The van der Waals surface area contributed by atoms with Gasteiger partial charge in [0.2, 0.25) is 0 Å². The van der Waals surface area contributed by atoms with Crippen molar-refractivity contribution in [2.45, 2.75) is 51.9 Å². The van der Waals surface area contributed by atoms with E-state index in [4.69, 9.17) is 14.0 Å². The number of carbonyl (C=O) groups excluding carboxylic acids is 3. The lowest BCUT2D eigenvalue weighted by atomic mass is 9.75. The molecule has 1 atom stereocenters. The molecule has 0 saturated carbocycles. The van der Waals surface area contributed by atoms with E-state index in [1.54, 1.807) is 49.4 Å². The first-order valence-corrected chi connectivity index (χ1v) is 10.6. The Morgan fingerprint density at radius 3 is 2.06 bits per heavy atom. The third-order valence-corrected chi connectivity index (χ3v) is 6.36. The summed E-state index contributed by atoms with van der Waals surface area (Å²) in [6.07, 6.45) is 0.211. The molecule has 2 aromatic rings. The SMILES string of the molecule is CC(CN1C(=O)c2ccccc2C1=O)Oc1cccc(C=O)c1B1OC(C)(C)C(C)(C)O1. The van der Waals surface area contributed by atoms with E-state index >= 15 is 0 Å². The Balaban J connectivity index is 1.57. The number of amides is 2. The van der Waals surface area contributed by atoms with Crippen LogP contribution in [0.3, 0.4) is 0 Å². The average Bonchev–Trinajstić information content (AvgIpc) is 3.11. The fourth-order valence-corrected chi connectivity index (χ4v) is 3.90. The summed E-state index contributed by atoms with van der Waals surface area (Å²) >= 11 is 0. The van der Waals surface area contributed by atoms with E-state index in [0.717, 1.165) is 6.29 Å². The highest BCUT2D eigenvalue weighted by Gasteiger charge is 2.53. The molecule has 2 amide bonds. The van der Waals surface area contributed by atoms with Crippen molar-refractivity contribution in [1.29, 1.82) is 0 Å². The summed E-state index contributed by atoms with van der Waals surface area (Å²) in [6, 6.07) is 11.9. The van der Waals surface area contributed by atoms with E-state index < -0.39 is 24.4 Å². The normalized spacial score (nSPS) is 19.8. The lowest BCUT2D eigenvalue weighted by Gasteiger charge is -2.32. The summed E-state index contributed by atoms with van der Waals surface area (Å²) in [5, 5.41) is 0. The molecule has 166 valence electrons. The number of benzene rings is 2. The average molecular weight is 435 g/mol. The second-order valence-corrected chi connectivity index (χ2v) is 9.16. The van der Waals surface area contributed by atoms with Gasteiger partial charge in [0.05, 0.1) is 28.9 Å². The van der Waals surface area contributed by atoms with Gasteiger partial charge in [0.25, 0.3) is 11.8 Å². The molecule has 1 unspecified atom stereocenters. The predicted octanol–water partition coefficient (Wildman–Crippen LogP) is 2.86. The minimum Gasteiger partial charge on any atom is -0.489 e. The number of carbonyl (C=O) groups is 3. The minimum atomic E-state index is -0.789. The van der Waals surface area contributed by atoms with Gasteiger partial charge < -0.3 is 14.0 Å². The van der Waals surface area contributed by atoms with Gasteiger partial charge in [0.15, 0.2) is 0 Å². The number of aldehydes is 1. The van der Waals surface area contributed by atoms with Crippen molar-refractivity contribution in [2.24, 2.45) is 0 Å². The molecule has 4 rings (SSSR count). The van der Waals surface area contributed by atoms with Gasteiger partial charge in [-0.3, -0.25) is 19.3 Å². The minimum absolute atomic E-state index is 0.0699. The Kier molecular flexibility index (Phi) is 5.47. The molecule has 2 aromatic carbocycles. The molecule has 2 aliphatic heterocycles. The Labute approximate surface area is 187 Å². The zero-order valence-electron chi connectivity index (χ0n) is 18.9. The molecule has 1 fully saturated rings. The van der Waals surface area contributed by atoms with E-state index in [1.807, 2.05) is 27.7 Å². The highest BCUT2D eigenvalue weighted by molar-refractivity contribution is 6.64. The van der Waals surface area contributed by atoms with Crippen LogP contribution in [-0.4, -0.2) is 54.0 Å². The Morgan fingerprint density at radius 2 is 1.53 bits per heavy atom. The topological polar surface area (TPSA) is 82.1 Å². The summed E-state index contributed by atoms with van der Waals surface area (Å²) in [4.78, 5) is 38.3. The van der Waals surface area contributed by atoms with E-state index in [0.29, 0.717) is 27.9 Å². The molecular formula is C24H26BNO6. The molecular weight excluding hydrogens is 409 g/mol. The number of nitrogens with zero attached hydrogens (tertiary/aromatic N) is 1. The molecule has 2 heterocycles. The van der Waals surface area contributed by atoms with Crippen LogP contribution in [0.5, 0.6) is 5.75 Å². The van der Waals surface area contributed by atoms with Gasteiger partial charge in [0.1, 0.15) is 18.1 Å². The van der Waals surface area contributed by atoms with Crippen LogP contribution in [0.25, 0.3) is 0 Å². The van der Waals surface area contributed by atoms with Crippen LogP contribution in [0.1, 0.15) is 65.7 Å². The first-order valence-electron chi connectivity index (χ1n) is 10.6. The van der Waals surface area contributed by atoms with E-state index in [1.165, 1.54) is 4.90 Å². The van der Waals surface area contributed by atoms with Crippen molar-refractivity contribution < 1.29 is 28.4 Å². The highest BCUT2D eigenvalue weighted by Crippen LogP contribution is 2.37. The molecule has 0 aliphatic carbocycles. The smallest absolute Gasteiger partial charge is 0.489 e. The quantitative estimate of drug-likeness (QED) is 0.394. The summed E-state index contributed by atoms with van der Waals surface area (Å²) in [6.45, 7) is 9.57. The van der Waals surface area contributed by atoms with Crippen molar-refractivity contribution >= 4 is 30.7 Å². The van der Waals surface area contributed by atoms with Crippen molar-refractivity contribution in [3.63, 3.8) is 0 Å². The number of hydrogen-bond donors (Lipinski definition) is 0. The van der Waals surface area contributed by atoms with Gasteiger partial charge in [-0.2, -0.15) is 0 Å². The van der Waals surface area contributed by atoms with Crippen LogP contribution >= 0.6 is 0 Å². The number of fused-ring (bicyclic) bond motifs is 1. The largest absolute Gasteiger partial charge is 0.499 e. The van der Waals surface area contributed by atoms with Gasteiger partial charge in [0, 0.05) is 11.0 Å². The zero-order valence-corrected chi connectivity index (χ0v) is 18.9. The van der Waals surface area contributed by atoms with Gasteiger partial charge in [-0.1, -0.05) is 24.3 Å². The molecule has 32 heavy (non-hydrogen) atoms. The first-order chi connectivity index (χ1) is 15.1. The molecule has 0 bridgehead atoms. The number of rotatable bonds is 6. The van der Waals surface area contributed by atoms with E-state index in [9.17, 15) is 14.4 Å². The van der Waals surface area contributed by atoms with Crippen LogP contribution in [0.15, 0.2) is 42.5 Å². The van der Waals surface area contributed by atoms with Crippen molar-refractivity contribution in [1.82, 2.24) is 4.90 Å². The standard InChI is InChI=1S/C24H26BNO6/c1-15(13-26-21(28)17-10-6-7-11-18(17)22(26)29)30-19-12-8-9-16(14-27)20(19)25-31-23(2,3)24(4,5)32-25/h6-12,14-15H,13H2,1-5H3. The molecule has 7 nitrogen and oxygen atoms in total. The molecule has 1 saturated heterocycles. The summed E-state index contributed by atoms with van der Waals surface area (Å²) in [7, 11) is -0.789. The zero-order chi connectivity index (χ0) is 23.3. The Hall–Kier alpha value is -2.97.